The Morgan fingerprint density at radius 1 is 1.33 bits per heavy atom. The second kappa shape index (κ2) is 7.55. The van der Waals surface area contributed by atoms with Gasteiger partial charge in [0, 0.05) is 27.2 Å². The number of benzene rings is 2. The second-order valence-electron chi connectivity index (χ2n) is 7.44. The van der Waals surface area contributed by atoms with Crippen LogP contribution in [0.5, 0.6) is 11.5 Å². The first-order chi connectivity index (χ1) is 14.4. The minimum Gasteiger partial charge on any atom is -0.493 e. The molecule has 1 fully saturated rings. The van der Waals surface area contributed by atoms with Gasteiger partial charge in [0.1, 0.15) is 0 Å². The summed E-state index contributed by atoms with van der Waals surface area (Å²) in [5.74, 6) is 0.141. The zero-order chi connectivity index (χ0) is 21.6. The largest absolute Gasteiger partial charge is 0.493 e. The molecular formula is C21H22BrN3O5. The number of hydrogen-bond acceptors (Lipinski definition) is 6. The Bertz CT molecular complexity index is 1030. The highest BCUT2D eigenvalue weighted by atomic mass is 79.9. The molecule has 158 valence electrons. The van der Waals surface area contributed by atoms with Crippen LogP contribution >= 0.6 is 15.9 Å². The van der Waals surface area contributed by atoms with Crippen LogP contribution in [0.2, 0.25) is 0 Å². The highest BCUT2D eigenvalue weighted by Gasteiger charge is 2.68. The third-order valence-electron chi connectivity index (χ3n) is 6.02. The lowest BCUT2D eigenvalue weighted by atomic mass is 9.79. The van der Waals surface area contributed by atoms with E-state index in [-0.39, 0.29) is 10.8 Å². The minimum absolute atomic E-state index is 0.327. The molecule has 0 radical (unpaired) electrons. The smallest absolute Gasteiger partial charge is 0.256 e. The second-order valence-corrected chi connectivity index (χ2v) is 8.30. The van der Waals surface area contributed by atoms with E-state index in [9.17, 15) is 14.9 Å². The molecule has 1 amide bonds. The molecule has 30 heavy (non-hydrogen) atoms. The van der Waals surface area contributed by atoms with Crippen LogP contribution in [-0.2, 0) is 10.3 Å². The molecule has 0 saturated carbocycles. The molecule has 1 N–H and O–H groups in total. The van der Waals surface area contributed by atoms with E-state index in [0.717, 1.165) is 0 Å². The molecule has 2 aromatic rings. The molecule has 0 bridgehead atoms. The first-order valence-corrected chi connectivity index (χ1v) is 10.4. The van der Waals surface area contributed by atoms with Gasteiger partial charge in [0.05, 0.1) is 19.6 Å². The van der Waals surface area contributed by atoms with Gasteiger partial charge in [-0.3, -0.25) is 19.8 Å². The van der Waals surface area contributed by atoms with Crippen LogP contribution in [0.4, 0.5) is 5.69 Å². The van der Waals surface area contributed by atoms with E-state index in [1.54, 1.807) is 55.5 Å². The normalized spacial score (nSPS) is 25.3. The number of carbonyl (C=O) groups is 1. The number of anilines is 1. The van der Waals surface area contributed by atoms with Gasteiger partial charge in [-0.1, -0.05) is 34.1 Å². The molecule has 2 aliphatic heterocycles. The number of nitrogens with one attached hydrogen (secondary N) is 1. The van der Waals surface area contributed by atoms with Crippen molar-refractivity contribution in [3.05, 3.63) is 62.1 Å². The van der Waals surface area contributed by atoms with Gasteiger partial charge in [-0.15, -0.1) is 0 Å². The number of fused-ring (bicyclic) bond motifs is 2. The molecule has 0 unspecified atom stereocenters. The summed E-state index contributed by atoms with van der Waals surface area (Å²) in [7, 11) is 3.31. The Labute approximate surface area is 182 Å². The molecule has 2 aromatic carbocycles. The number of likely N-dealkylation sites (N-methyl/N-ethyl adjacent to an activating group) is 1. The van der Waals surface area contributed by atoms with Crippen molar-refractivity contribution in [2.75, 3.05) is 32.6 Å². The number of carbonyl (C=O) groups excluding carboxylic acids is 1. The summed E-state index contributed by atoms with van der Waals surface area (Å²) in [6, 6.07) is 9.53. The van der Waals surface area contributed by atoms with Crippen molar-refractivity contribution >= 4 is 27.5 Å². The molecule has 2 heterocycles. The van der Waals surface area contributed by atoms with E-state index in [2.05, 4.69) is 21.2 Å². The zero-order valence-electron chi connectivity index (χ0n) is 16.8. The third-order valence-corrected chi connectivity index (χ3v) is 6.71. The highest BCUT2D eigenvalue weighted by molar-refractivity contribution is 9.10. The number of nitro groups is 1. The molecule has 1 spiro atoms. The zero-order valence-corrected chi connectivity index (χ0v) is 18.4. The molecule has 1 saturated heterocycles. The van der Waals surface area contributed by atoms with Gasteiger partial charge in [-0.2, -0.15) is 0 Å². The highest BCUT2D eigenvalue weighted by Crippen LogP contribution is 2.53. The minimum atomic E-state index is -1.38. The van der Waals surface area contributed by atoms with Crippen LogP contribution in [0.25, 0.3) is 0 Å². The molecule has 4 rings (SSSR count). The maximum Gasteiger partial charge on any atom is 0.256 e. The summed E-state index contributed by atoms with van der Waals surface area (Å²) < 4.78 is 11.8. The Kier molecular flexibility index (Phi) is 5.19. The summed E-state index contributed by atoms with van der Waals surface area (Å²) >= 11 is 3.55. The standard InChI is InChI=1S/C21H22BrN3O5/c1-4-30-18-9-12(15(22)10-17(18)29-3)13-11-24(2)21(19(13)25(27)28)14-7-5-6-8-16(14)23-20(21)26/h5-10,13,19H,4,11H2,1-3H3,(H,23,26)/t13-,19+,21+/m0/s1. The predicted molar refractivity (Wildman–Crippen MR) is 115 cm³/mol. The third kappa shape index (κ3) is 2.79. The van der Waals surface area contributed by atoms with Crippen LogP contribution in [0.15, 0.2) is 40.9 Å². The van der Waals surface area contributed by atoms with E-state index in [1.807, 2.05) is 6.92 Å². The van der Waals surface area contributed by atoms with E-state index in [4.69, 9.17) is 9.47 Å². The topological polar surface area (TPSA) is 93.9 Å². The van der Waals surface area contributed by atoms with Crippen molar-refractivity contribution in [2.24, 2.45) is 0 Å². The van der Waals surface area contributed by atoms with Gasteiger partial charge in [0.25, 0.3) is 11.9 Å². The lowest BCUT2D eigenvalue weighted by molar-refractivity contribution is -0.534. The van der Waals surface area contributed by atoms with Crippen LogP contribution in [0.1, 0.15) is 24.0 Å². The van der Waals surface area contributed by atoms with Gasteiger partial charge >= 0.3 is 0 Å². The van der Waals surface area contributed by atoms with Crippen molar-refractivity contribution in [3.63, 3.8) is 0 Å². The molecule has 0 aliphatic carbocycles. The molecular weight excluding hydrogens is 454 g/mol. The van der Waals surface area contributed by atoms with Crippen molar-refractivity contribution in [2.45, 2.75) is 24.4 Å². The van der Waals surface area contributed by atoms with E-state index < -0.39 is 17.5 Å². The van der Waals surface area contributed by atoms with E-state index >= 15 is 0 Å². The first-order valence-electron chi connectivity index (χ1n) is 9.62. The first kappa shape index (κ1) is 20.6. The average molecular weight is 476 g/mol. The van der Waals surface area contributed by atoms with Gasteiger partial charge in [-0.05, 0) is 37.7 Å². The summed E-state index contributed by atoms with van der Waals surface area (Å²) in [5.41, 5.74) is 0.583. The summed E-state index contributed by atoms with van der Waals surface area (Å²) in [6.45, 7) is 2.63. The quantitative estimate of drug-likeness (QED) is 0.526. The number of methoxy groups -OCH3 is 1. The monoisotopic (exact) mass is 475 g/mol. The lowest BCUT2D eigenvalue weighted by Gasteiger charge is -2.30. The van der Waals surface area contributed by atoms with Crippen LogP contribution in [0.3, 0.4) is 0 Å². The Balaban J connectivity index is 1.89. The van der Waals surface area contributed by atoms with Crippen LogP contribution < -0.4 is 14.8 Å². The number of halogens is 1. The summed E-state index contributed by atoms with van der Waals surface area (Å²) in [6.07, 6.45) is 0. The molecule has 8 nitrogen and oxygen atoms in total. The number of hydrogen-bond donors (Lipinski definition) is 1. The average Bonchev–Trinajstić information content (AvgIpc) is 3.18. The summed E-state index contributed by atoms with van der Waals surface area (Å²) in [4.78, 5) is 27.1. The maximum absolute atomic E-state index is 13.2. The molecule has 3 atom stereocenters. The van der Waals surface area contributed by atoms with E-state index in [0.29, 0.717) is 45.9 Å². The fraction of sp³-hybridized carbons (Fsp3) is 0.381. The lowest BCUT2D eigenvalue weighted by Crippen LogP contribution is -2.54. The van der Waals surface area contributed by atoms with Gasteiger partial charge < -0.3 is 14.8 Å². The molecule has 9 heteroatoms. The molecule has 0 aromatic heterocycles. The summed E-state index contributed by atoms with van der Waals surface area (Å²) in [5, 5.41) is 15.3. The SMILES string of the molecule is CCOc1cc([C@@H]2CN(C)[C@@]3(C(=O)Nc4ccccc43)[C@@H]2[N+](=O)[O-])c(Br)cc1OC. The van der Waals surface area contributed by atoms with Crippen molar-refractivity contribution in [1.29, 1.82) is 0 Å². The fourth-order valence-electron chi connectivity index (χ4n) is 4.82. The van der Waals surface area contributed by atoms with Crippen LogP contribution in [0, 0.1) is 10.1 Å². The van der Waals surface area contributed by atoms with Gasteiger partial charge in [0.15, 0.2) is 17.0 Å². The Hall–Kier alpha value is -2.65. The number of nitrogens with zero attached hydrogens (tertiary/aromatic N) is 2. The van der Waals surface area contributed by atoms with Crippen molar-refractivity contribution in [1.82, 2.24) is 4.90 Å². The number of likely N-dealkylation sites (tertiary alicyclic amines) is 1. The number of ether oxygens (including phenoxy) is 2. The number of para-hydroxylation sites is 1. The number of amides is 1. The van der Waals surface area contributed by atoms with Crippen LogP contribution in [-0.4, -0.2) is 49.1 Å². The fourth-order valence-corrected chi connectivity index (χ4v) is 5.44. The Morgan fingerprint density at radius 2 is 2.07 bits per heavy atom. The molecule has 2 aliphatic rings. The predicted octanol–water partition coefficient (Wildman–Crippen LogP) is 3.38. The van der Waals surface area contributed by atoms with Crippen molar-refractivity contribution < 1.29 is 19.2 Å². The van der Waals surface area contributed by atoms with Gasteiger partial charge in [-0.25, -0.2) is 0 Å². The number of rotatable bonds is 5. The Morgan fingerprint density at radius 3 is 2.73 bits per heavy atom. The van der Waals surface area contributed by atoms with Crippen molar-refractivity contribution in [3.8, 4) is 11.5 Å². The van der Waals surface area contributed by atoms with E-state index in [1.165, 1.54) is 0 Å². The van der Waals surface area contributed by atoms with Gasteiger partial charge in [0.2, 0.25) is 0 Å². The maximum atomic E-state index is 13.2.